The zero-order valence-electron chi connectivity index (χ0n) is 7.65. The molecule has 0 heterocycles. The molecule has 0 saturated carbocycles. The topological polar surface area (TPSA) is 105 Å². The summed E-state index contributed by atoms with van der Waals surface area (Å²) in [5, 5.41) is 12.7. The van der Waals surface area contributed by atoms with Crippen LogP contribution in [0.4, 0.5) is 4.79 Å². The van der Waals surface area contributed by atoms with Crippen LogP contribution in [0.2, 0.25) is 0 Å². The van der Waals surface area contributed by atoms with Crippen LogP contribution in [-0.4, -0.2) is 23.1 Å². The van der Waals surface area contributed by atoms with Gasteiger partial charge in [-0.2, -0.15) is 5.10 Å². The highest BCUT2D eigenvalue weighted by Gasteiger charge is 2.29. The van der Waals surface area contributed by atoms with Gasteiger partial charge in [0.2, 0.25) is 5.78 Å². The molecule has 1 atom stereocenters. The predicted molar refractivity (Wildman–Crippen MR) is 49.7 cm³/mol. The van der Waals surface area contributed by atoms with Crippen LogP contribution in [0, 0.1) is 5.92 Å². The number of rotatable bonds is 2. The van der Waals surface area contributed by atoms with Gasteiger partial charge >= 0.3 is 6.03 Å². The van der Waals surface area contributed by atoms with E-state index in [0.29, 0.717) is 12.0 Å². The lowest BCUT2D eigenvalue weighted by molar-refractivity contribution is -0.118. The molecule has 1 unspecified atom stereocenters. The molecular formula is C8H11N3O3. The summed E-state index contributed by atoms with van der Waals surface area (Å²) in [5.41, 5.74) is 7.37. The summed E-state index contributed by atoms with van der Waals surface area (Å²) in [6.45, 7) is 1.67. The van der Waals surface area contributed by atoms with E-state index in [2.05, 4.69) is 5.10 Å². The third-order valence-electron chi connectivity index (χ3n) is 1.93. The number of urea groups is 1. The highest BCUT2D eigenvalue weighted by atomic mass is 16.3. The molecule has 0 aromatic heterocycles. The van der Waals surface area contributed by atoms with Gasteiger partial charge < -0.3 is 10.8 Å². The molecule has 4 N–H and O–H groups in total. The molecule has 76 valence electrons. The number of amides is 2. The molecule has 0 aliphatic heterocycles. The van der Waals surface area contributed by atoms with Crippen LogP contribution >= 0.6 is 0 Å². The van der Waals surface area contributed by atoms with Crippen molar-refractivity contribution in [3.05, 3.63) is 11.3 Å². The van der Waals surface area contributed by atoms with Gasteiger partial charge in [-0.15, -0.1) is 0 Å². The van der Waals surface area contributed by atoms with Gasteiger partial charge in [-0.25, -0.2) is 10.2 Å². The molecule has 0 saturated heterocycles. The summed E-state index contributed by atoms with van der Waals surface area (Å²) in [4.78, 5) is 21.5. The third-order valence-corrected chi connectivity index (χ3v) is 1.93. The number of allylic oxidation sites excluding steroid dienone is 2. The van der Waals surface area contributed by atoms with Crippen LogP contribution in [0.25, 0.3) is 0 Å². The molecule has 0 bridgehead atoms. The van der Waals surface area contributed by atoms with E-state index < -0.39 is 11.9 Å². The molecular weight excluding hydrogens is 186 g/mol. The summed E-state index contributed by atoms with van der Waals surface area (Å²) in [6.07, 6.45) is 1.69. The number of primary amides is 1. The van der Waals surface area contributed by atoms with Crippen LogP contribution in [0.15, 0.2) is 16.4 Å². The van der Waals surface area contributed by atoms with Crippen LogP contribution in [0.5, 0.6) is 0 Å². The number of nitrogens with zero attached hydrogens (tertiary/aromatic N) is 1. The van der Waals surface area contributed by atoms with E-state index in [-0.39, 0.29) is 11.5 Å². The van der Waals surface area contributed by atoms with Gasteiger partial charge in [0.25, 0.3) is 0 Å². The first kappa shape index (κ1) is 10.2. The summed E-state index contributed by atoms with van der Waals surface area (Å²) in [7, 11) is 0. The largest absolute Gasteiger partial charge is 0.504 e. The number of hydrogen-bond donors (Lipinski definition) is 3. The van der Waals surface area contributed by atoms with Crippen molar-refractivity contribution in [2.45, 2.75) is 13.3 Å². The Bertz CT molecular complexity index is 333. The van der Waals surface area contributed by atoms with E-state index in [1.54, 1.807) is 6.92 Å². The SMILES string of the molecule is CC1=C(O)C(=O)C(/C=N\NC(N)=O)C1. The number of Topliss-reactive ketones (excluding diaryl/α,β-unsaturated/α-hetero) is 1. The maximum atomic E-state index is 11.2. The van der Waals surface area contributed by atoms with Gasteiger partial charge in [0, 0.05) is 6.21 Å². The Hall–Kier alpha value is -1.85. The van der Waals surface area contributed by atoms with Crippen LogP contribution < -0.4 is 11.2 Å². The Balaban J connectivity index is 2.55. The van der Waals surface area contributed by atoms with Crippen molar-refractivity contribution in [2.24, 2.45) is 16.8 Å². The highest BCUT2D eigenvalue weighted by molar-refractivity contribution is 6.07. The van der Waals surface area contributed by atoms with E-state index in [4.69, 9.17) is 5.73 Å². The maximum absolute atomic E-state index is 11.2. The minimum absolute atomic E-state index is 0.208. The first-order chi connectivity index (χ1) is 6.52. The Morgan fingerprint density at radius 1 is 1.79 bits per heavy atom. The molecule has 14 heavy (non-hydrogen) atoms. The molecule has 0 aromatic carbocycles. The normalized spacial score (nSPS) is 22.1. The number of carbonyl (C=O) groups is 2. The lowest BCUT2D eigenvalue weighted by Gasteiger charge is -1.99. The molecule has 6 nitrogen and oxygen atoms in total. The van der Waals surface area contributed by atoms with Crippen molar-refractivity contribution in [3.8, 4) is 0 Å². The van der Waals surface area contributed by atoms with Gasteiger partial charge in [-0.3, -0.25) is 4.79 Å². The average Bonchev–Trinajstić information content (AvgIpc) is 2.33. The molecule has 2 amide bonds. The molecule has 0 aromatic rings. The number of hydrazone groups is 1. The Kier molecular flexibility index (Phi) is 2.85. The van der Waals surface area contributed by atoms with Crippen LogP contribution in [0.3, 0.4) is 0 Å². The van der Waals surface area contributed by atoms with Crippen molar-refractivity contribution in [2.75, 3.05) is 0 Å². The van der Waals surface area contributed by atoms with Crippen LogP contribution in [-0.2, 0) is 4.79 Å². The predicted octanol–water partition coefficient (Wildman–Crippen LogP) is 0.0615. The zero-order chi connectivity index (χ0) is 10.7. The fourth-order valence-corrected chi connectivity index (χ4v) is 1.22. The number of aliphatic hydroxyl groups is 1. The minimum Gasteiger partial charge on any atom is -0.504 e. The second-order valence-corrected chi connectivity index (χ2v) is 3.06. The highest BCUT2D eigenvalue weighted by Crippen LogP contribution is 2.24. The Morgan fingerprint density at radius 2 is 2.43 bits per heavy atom. The van der Waals surface area contributed by atoms with Crippen molar-refractivity contribution >= 4 is 18.0 Å². The maximum Gasteiger partial charge on any atom is 0.332 e. The fourth-order valence-electron chi connectivity index (χ4n) is 1.22. The minimum atomic E-state index is -0.791. The van der Waals surface area contributed by atoms with Crippen molar-refractivity contribution in [1.29, 1.82) is 0 Å². The number of carbonyl (C=O) groups excluding carboxylic acids is 2. The molecule has 0 fully saturated rings. The van der Waals surface area contributed by atoms with E-state index >= 15 is 0 Å². The quantitative estimate of drug-likeness (QED) is 0.430. The molecule has 1 rings (SSSR count). The summed E-state index contributed by atoms with van der Waals surface area (Å²) in [5.74, 6) is -1.08. The number of nitrogens with one attached hydrogen (secondary N) is 1. The van der Waals surface area contributed by atoms with E-state index in [9.17, 15) is 14.7 Å². The second kappa shape index (κ2) is 3.91. The lowest BCUT2D eigenvalue weighted by atomic mass is 10.1. The fraction of sp³-hybridized carbons (Fsp3) is 0.375. The number of hydrogen-bond acceptors (Lipinski definition) is 4. The third kappa shape index (κ3) is 2.09. The van der Waals surface area contributed by atoms with Gasteiger partial charge in [0.05, 0.1) is 5.92 Å². The Morgan fingerprint density at radius 3 is 2.86 bits per heavy atom. The molecule has 1 aliphatic carbocycles. The molecule has 6 heteroatoms. The Labute approximate surface area is 80.5 Å². The summed E-state index contributed by atoms with van der Waals surface area (Å²) < 4.78 is 0. The smallest absolute Gasteiger partial charge is 0.332 e. The van der Waals surface area contributed by atoms with Crippen molar-refractivity contribution < 1.29 is 14.7 Å². The number of nitrogens with two attached hydrogens (primary N) is 1. The van der Waals surface area contributed by atoms with Crippen molar-refractivity contribution in [3.63, 3.8) is 0 Å². The average molecular weight is 197 g/mol. The van der Waals surface area contributed by atoms with E-state index in [1.807, 2.05) is 5.43 Å². The zero-order valence-corrected chi connectivity index (χ0v) is 7.65. The first-order valence-electron chi connectivity index (χ1n) is 4.04. The summed E-state index contributed by atoms with van der Waals surface area (Å²) >= 11 is 0. The molecule has 0 radical (unpaired) electrons. The summed E-state index contributed by atoms with van der Waals surface area (Å²) in [6, 6.07) is -0.791. The number of aliphatic hydroxyl groups excluding tert-OH is 1. The number of ketones is 1. The van der Waals surface area contributed by atoms with Gasteiger partial charge in [0.15, 0.2) is 5.76 Å². The standard InChI is InChI=1S/C8H11N3O3/c1-4-2-5(7(13)6(4)12)3-10-11-8(9)14/h3,5,12H,2H2,1H3,(H3,9,11,14)/b10-3-. The lowest BCUT2D eigenvalue weighted by Crippen LogP contribution is -2.25. The van der Waals surface area contributed by atoms with E-state index in [1.165, 1.54) is 6.21 Å². The first-order valence-corrected chi connectivity index (χ1v) is 4.04. The van der Waals surface area contributed by atoms with Crippen LogP contribution in [0.1, 0.15) is 13.3 Å². The van der Waals surface area contributed by atoms with Gasteiger partial charge in [0.1, 0.15) is 0 Å². The van der Waals surface area contributed by atoms with E-state index in [0.717, 1.165) is 0 Å². The molecule has 1 aliphatic rings. The second-order valence-electron chi connectivity index (χ2n) is 3.06. The van der Waals surface area contributed by atoms with Gasteiger partial charge in [-0.05, 0) is 18.9 Å². The van der Waals surface area contributed by atoms with Gasteiger partial charge in [-0.1, -0.05) is 0 Å². The monoisotopic (exact) mass is 197 g/mol. The van der Waals surface area contributed by atoms with Crippen molar-refractivity contribution in [1.82, 2.24) is 5.43 Å². The molecule has 0 spiro atoms.